The Hall–Kier alpha value is -1.27. The highest BCUT2D eigenvalue weighted by Crippen LogP contribution is 2.32. The van der Waals surface area contributed by atoms with Crippen LogP contribution in [-0.2, 0) is 9.47 Å². The number of allylic oxidation sites excluding steroid dienone is 1. The molecule has 0 aromatic rings. The van der Waals surface area contributed by atoms with Gasteiger partial charge in [0.05, 0.1) is 13.0 Å². The third-order valence-electron chi connectivity index (χ3n) is 2.40. The molecule has 7 heteroatoms. The van der Waals surface area contributed by atoms with Crippen LogP contribution in [-0.4, -0.2) is 35.4 Å². The number of nitrogens with zero attached hydrogens (tertiary/aromatic N) is 1. The normalized spacial score (nSPS) is 28.8. The molecule has 0 spiro atoms. The Labute approximate surface area is 96.2 Å². The molecular weight excluding hydrogens is 238 g/mol. The lowest BCUT2D eigenvalue weighted by Gasteiger charge is -2.29. The largest absolute Gasteiger partial charge is 0.484 e. The fraction of sp³-hybridized carbons (Fsp3) is 0.556. The molecule has 1 heterocycles. The SMILES string of the molecule is O=[N+]([O-])C1CC(Cl)=CC2=C1OCC(CO)O2. The first-order chi connectivity index (χ1) is 7.61. The highest BCUT2D eigenvalue weighted by atomic mass is 35.5. The highest BCUT2D eigenvalue weighted by molar-refractivity contribution is 6.29. The van der Waals surface area contributed by atoms with E-state index in [4.69, 9.17) is 26.2 Å². The monoisotopic (exact) mass is 247 g/mol. The van der Waals surface area contributed by atoms with Crippen LogP contribution < -0.4 is 0 Å². The molecule has 1 aliphatic heterocycles. The first-order valence-corrected chi connectivity index (χ1v) is 5.13. The van der Waals surface area contributed by atoms with E-state index in [1.165, 1.54) is 6.08 Å². The fourth-order valence-corrected chi connectivity index (χ4v) is 1.88. The van der Waals surface area contributed by atoms with Crippen LogP contribution in [0.15, 0.2) is 22.6 Å². The maximum Gasteiger partial charge on any atom is 0.277 e. The molecular formula is C9H10ClNO5. The van der Waals surface area contributed by atoms with Crippen LogP contribution >= 0.6 is 11.6 Å². The standard InChI is InChI=1S/C9H10ClNO5/c10-5-1-7(11(13)14)9-8(2-5)16-6(3-12)4-15-9/h2,6-7,12H,1,3-4H2. The molecule has 6 nitrogen and oxygen atoms in total. The molecule has 0 radical (unpaired) electrons. The maximum absolute atomic E-state index is 10.8. The van der Waals surface area contributed by atoms with Crippen LogP contribution in [0.25, 0.3) is 0 Å². The molecule has 2 unspecified atom stereocenters. The lowest BCUT2D eigenvalue weighted by Crippen LogP contribution is -2.36. The molecule has 0 saturated carbocycles. The summed E-state index contributed by atoms with van der Waals surface area (Å²) in [5, 5.41) is 20.1. The van der Waals surface area contributed by atoms with Gasteiger partial charge in [0.1, 0.15) is 6.61 Å². The molecule has 0 fully saturated rings. The zero-order chi connectivity index (χ0) is 11.7. The van der Waals surface area contributed by atoms with E-state index in [2.05, 4.69) is 0 Å². The predicted octanol–water partition coefficient (Wildman–Crippen LogP) is 0.777. The average Bonchev–Trinajstić information content (AvgIpc) is 2.26. The molecule has 1 aliphatic carbocycles. The maximum atomic E-state index is 10.8. The van der Waals surface area contributed by atoms with Crippen molar-refractivity contribution < 1.29 is 19.5 Å². The van der Waals surface area contributed by atoms with Gasteiger partial charge in [0.25, 0.3) is 6.04 Å². The van der Waals surface area contributed by atoms with Crippen LogP contribution in [0, 0.1) is 10.1 Å². The average molecular weight is 248 g/mol. The quantitative estimate of drug-likeness (QED) is 0.576. The van der Waals surface area contributed by atoms with Gasteiger partial charge in [-0.15, -0.1) is 0 Å². The van der Waals surface area contributed by atoms with E-state index in [0.717, 1.165) is 0 Å². The molecule has 0 bridgehead atoms. The van der Waals surface area contributed by atoms with Gasteiger partial charge < -0.3 is 14.6 Å². The smallest absolute Gasteiger partial charge is 0.277 e. The van der Waals surface area contributed by atoms with Crippen molar-refractivity contribution in [1.82, 2.24) is 0 Å². The van der Waals surface area contributed by atoms with Gasteiger partial charge in [0.2, 0.25) is 5.76 Å². The van der Waals surface area contributed by atoms with Gasteiger partial charge >= 0.3 is 0 Å². The number of rotatable bonds is 2. The second kappa shape index (κ2) is 4.31. The summed E-state index contributed by atoms with van der Waals surface area (Å²) < 4.78 is 10.6. The first-order valence-electron chi connectivity index (χ1n) is 4.76. The summed E-state index contributed by atoms with van der Waals surface area (Å²) in [4.78, 5) is 10.4. The summed E-state index contributed by atoms with van der Waals surface area (Å²) in [5.74, 6) is 0.447. The third kappa shape index (κ3) is 1.98. The van der Waals surface area contributed by atoms with Gasteiger partial charge in [-0.05, 0) is 6.08 Å². The minimum absolute atomic E-state index is 0.112. The minimum atomic E-state index is -0.993. The number of ether oxygens (including phenoxy) is 2. The second-order valence-corrected chi connectivity index (χ2v) is 4.04. The first kappa shape index (κ1) is 11.2. The second-order valence-electron chi connectivity index (χ2n) is 3.56. The van der Waals surface area contributed by atoms with Crippen molar-refractivity contribution in [2.75, 3.05) is 13.2 Å². The Morgan fingerprint density at radius 1 is 1.69 bits per heavy atom. The van der Waals surface area contributed by atoms with Crippen LogP contribution in [0.1, 0.15) is 6.42 Å². The molecule has 88 valence electrons. The number of nitro groups is 1. The lowest BCUT2D eigenvalue weighted by atomic mass is 10.0. The lowest BCUT2D eigenvalue weighted by molar-refractivity contribution is -0.517. The van der Waals surface area contributed by atoms with Crippen molar-refractivity contribution in [3.8, 4) is 0 Å². The van der Waals surface area contributed by atoms with Gasteiger partial charge in [-0.1, -0.05) is 11.6 Å². The molecule has 0 aromatic carbocycles. The van der Waals surface area contributed by atoms with Crippen molar-refractivity contribution in [2.24, 2.45) is 0 Å². The number of hydrogen-bond donors (Lipinski definition) is 1. The van der Waals surface area contributed by atoms with Crippen molar-refractivity contribution in [1.29, 1.82) is 0 Å². The van der Waals surface area contributed by atoms with E-state index in [1.54, 1.807) is 0 Å². The molecule has 0 saturated heterocycles. The predicted molar refractivity (Wildman–Crippen MR) is 54.3 cm³/mol. The van der Waals surface area contributed by atoms with Crippen molar-refractivity contribution in [2.45, 2.75) is 18.6 Å². The van der Waals surface area contributed by atoms with Gasteiger partial charge in [-0.25, -0.2) is 0 Å². The summed E-state index contributed by atoms with van der Waals surface area (Å²) in [6.07, 6.45) is 1.11. The summed E-state index contributed by atoms with van der Waals surface area (Å²) in [5.41, 5.74) is 0. The van der Waals surface area contributed by atoms with Gasteiger partial charge in [0.15, 0.2) is 11.9 Å². The van der Waals surface area contributed by atoms with Crippen molar-refractivity contribution in [3.05, 3.63) is 32.7 Å². The summed E-state index contributed by atoms with van der Waals surface area (Å²) in [6, 6.07) is -0.993. The molecule has 0 amide bonds. The Morgan fingerprint density at radius 3 is 3.06 bits per heavy atom. The Kier molecular flexibility index (Phi) is 3.02. The topological polar surface area (TPSA) is 81.8 Å². The van der Waals surface area contributed by atoms with Crippen LogP contribution in [0.5, 0.6) is 0 Å². The molecule has 2 rings (SSSR count). The number of aliphatic hydroxyl groups excluding tert-OH is 1. The number of aliphatic hydroxyl groups is 1. The Balaban J connectivity index is 2.29. The van der Waals surface area contributed by atoms with Gasteiger partial charge in [-0.2, -0.15) is 0 Å². The van der Waals surface area contributed by atoms with E-state index in [1.807, 2.05) is 0 Å². The number of hydrogen-bond acceptors (Lipinski definition) is 5. The third-order valence-corrected chi connectivity index (χ3v) is 2.66. The molecule has 2 atom stereocenters. The van der Waals surface area contributed by atoms with Crippen LogP contribution in [0.4, 0.5) is 0 Å². The van der Waals surface area contributed by atoms with E-state index >= 15 is 0 Å². The summed E-state index contributed by atoms with van der Waals surface area (Å²) >= 11 is 5.79. The van der Waals surface area contributed by atoms with Crippen LogP contribution in [0.2, 0.25) is 0 Å². The van der Waals surface area contributed by atoms with Gasteiger partial charge in [0, 0.05) is 9.96 Å². The molecule has 16 heavy (non-hydrogen) atoms. The zero-order valence-electron chi connectivity index (χ0n) is 8.26. The number of halogens is 1. The van der Waals surface area contributed by atoms with E-state index in [0.29, 0.717) is 5.03 Å². The summed E-state index contributed by atoms with van der Waals surface area (Å²) in [6.45, 7) is -0.0868. The fourth-order valence-electron chi connectivity index (χ4n) is 1.63. The zero-order valence-corrected chi connectivity index (χ0v) is 9.01. The van der Waals surface area contributed by atoms with Crippen LogP contribution in [0.3, 0.4) is 0 Å². The highest BCUT2D eigenvalue weighted by Gasteiger charge is 2.38. The molecule has 0 aromatic heterocycles. The van der Waals surface area contributed by atoms with Gasteiger partial charge in [-0.3, -0.25) is 10.1 Å². The van der Waals surface area contributed by atoms with Crippen molar-refractivity contribution >= 4 is 11.6 Å². The van der Waals surface area contributed by atoms with E-state index < -0.39 is 17.1 Å². The van der Waals surface area contributed by atoms with Crippen molar-refractivity contribution in [3.63, 3.8) is 0 Å². The molecule has 1 N–H and O–H groups in total. The Morgan fingerprint density at radius 2 is 2.44 bits per heavy atom. The summed E-state index contributed by atoms with van der Waals surface area (Å²) in [7, 11) is 0. The minimum Gasteiger partial charge on any atom is -0.484 e. The Bertz CT molecular complexity index is 378. The van der Waals surface area contributed by atoms with E-state index in [9.17, 15) is 10.1 Å². The molecule has 2 aliphatic rings. The van der Waals surface area contributed by atoms with E-state index in [-0.39, 0.29) is 31.2 Å².